The summed E-state index contributed by atoms with van der Waals surface area (Å²) in [4.78, 5) is 4.59. The molecule has 0 aromatic heterocycles. The van der Waals surface area contributed by atoms with Crippen LogP contribution in [0.15, 0.2) is 12.1 Å². The lowest BCUT2D eigenvalue weighted by molar-refractivity contribution is 0.140. The van der Waals surface area contributed by atoms with Crippen LogP contribution in [0.5, 0.6) is 17.2 Å². The fourth-order valence-electron chi connectivity index (χ4n) is 1.84. The molecule has 0 fully saturated rings. The largest absolute Gasteiger partial charge is 0.492 e. The van der Waals surface area contributed by atoms with Crippen LogP contribution < -0.4 is 20.1 Å². The van der Waals surface area contributed by atoms with Gasteiger partial charge in [-0.25, -0.2) is 5.90 Å². The first-order valence-corrected chi connectivity index (χ1v) is 5.64. The predicted molar refractivity (Wildman–Crippen MR) is 62.4 cm³/mol. The molecule has 1 aliphatic rings. The van der Waals surface area contributed by atoms with Crippen molar-refractivity contribution in [3.63, 3.8) is 0 Å². The maximum Gasteiger partial charge on any atom is 0.203 e. The molecule has 0 saturated heterocycles. The SMILES string of the molecule is COc1c(CCON)ccc2c1OCCCO2. The Morgan fingerprint density at radius 1 is 1.29 bits per heavy atom. The van der Waals surface area contributed by atoms with E-state index in [1.54, 1.807) is 7.11 Å². The summed E-state index contributed by atoms with van der Waals surface area (Å²) in [5, 5.41) is 0. The third kappa shape index (κ3) is 2.62. The Morgan fingerprint density at radius 3 is 2.88 bits per heavy atom. The number of rotatable bonds is 4. The van der Waals surface area contributed by atoms with Gasteiger partial charge in [-0.1, -0.05) is 6.07 Å². The number of nitrogens with two attached hydrogens (primary N) is 1. The van der Waals surface area contributed by atoms with E-state index in [4.69, 9.17) is 20.1 Å². The van der Waals surface area contributed by atoms with Crippen molar-refractivity contribution in [1.82, 2.24) is 0 Å². The molecule has 94 valence electrons. The molecule has 0 spiro atoms. The molecule has 17 heavy (non-hydrogen) atoms. The van der Waals surface area contributed by atoms with Crippen LogP contribution >= 0.6 is 0 Å². The highest BCUT2D eigenvalue weighted by Gasteiger charge is 2.18. The fourth-order valence-corrected chi connectivity index (χ4v) is 1.84. The molecule has 1 aliphatic heterocycles. The van der Waals surface area contributed by atoms with E-state index in [1.807, 2.05) is 12.1 Å². The number of hydrogen-bond donors (Lipinski definition) is 1. The molecule has 5 nitrogen and oxygen atoms in total. The van der Waals surface area contributed by atoms with E-state index < -0.39 is 0 Å². The molecule has 0 bridgehead atoms. The standard InChI is InChI=1S/C12H17NO4/c1-14-11-9(5-8-17-13)3-4-10-12(11)16-7-2-6-15-10/h3-4H,2,5-8,13H2,1H3. The van der Waals surface area contributed by atoms with E-state index in [9.17, 15) is 0 Å². The van der Waals surface area contributed by atoms with Gasteiger partial charge in [0, 0.05) is 18.4 Å². The van der Waals surface area contributed by atoms with Crippen LogP contribution in [0.4, 0.5) is 0 Å². The summed E-state index contributed by atoms with van der Waals surface area (Å²) in [6.07, 6.45) is 1.55. The first-order chi connectivity index (χ1) is 8.36. The topological polar surface area (TPSA) is 62.9 Å². The molecular formula is C12H17NO4. The van der Waals surface area contributed by atoms with Crippen LogP contribution in [0.2, 0.25) is 0 Å². The lowest BCUT2D eigenvalue weighted by atomic mass is 10.1. The molecule has 0 atom stereocenters. The summed E-state index contributed by atoms with van der Waals surface area (Å²) >= 11 is 0. The molecule has 0 saturated carbocycles. The highest BCUT2D eigenvalue weighted by molar-refractivity contribution is 5.56. The minimum atomic E-state index is 0.440. The summed E-state index contributed by atoms with van der Waals surface area (Å²) in [5.41, 5.74) is 1.00. The Balaban J connectivity index is 2.32. The summed E-state index contributed by atoms with van der Waals surface area (Å²) in [7, 11) is 1.62. The summed E-state index contributed by atoms with van der Waals surface area (Å²) in [6.45, 7) is 1.75. The van der Waals surface area contributed by atoms with Crippen molar-refractivity contribution >= 4 is 0 Å². The molecule has 2 rings (SSSR count). The smallest absolute Gasteiger partial charge is 0.203 e. The lowest BCUT2D eigenvalue weighted by Gasteiger charge is -2.15. The van der Waals surface area contributed by atoms with Crippen LogP contribution in [-0.4, -0.2) is 26.9 Å². The van der Waals surface area contributed by atoms with Gasteiger partial charge in [0.2, 0.25) is 5.75 Å². The van der Waals surface area contributed by atoms with Gasteiger partial charge in [0.05, 0.1) is 26.9 Å². The van der Waals surface area contributed by atoms with Gasteiger partial charge in [0.1, 0.15) is 0 Å². The van der Waals surface area contributed by atoms with E-state index in [-0.39, 0.29) is 0 Å². The van der Waals surface area contributed by atoms with Crippen LogP contribution in [0, 0.1) is 0 Å². The molecule has 2 N–H and O–H groups in total. The second kappa shape index (κ2) is 5.75. The maximum absolute atomic E-state index is 5.67. The number of benzene rings is 1. The molecule has 1 heterocycles. The molecule has 0 radical (unpaired) electrons. The maximum atomic E-state index is 5.67. The van der Waals surface area contributed by atoms with Gasteiger partial charge in [0.15, 0.2) is 11.5 Å². The van der Waals surface area contributed by atoms with Gasteiger partial charge in [0.25, 0.3) is 0 Å². The Bertz CT molecular complexity index is 381. The summed E-state index contributed by atoms with van der Waals surface area (Å²) < 4.78 is 16.7. The van der Waals surface area contributed by atoms with Crippen LogP contribution in [0.1, 0.15) is 12.0 Å². The third-order valence-electron chi connectivity index (χ3n) is 2.64. The van der Waals surface area contributed by atoms with E-state index in [0.29, 0.717) is 37.7 Å². The summed E-state index contributed by atoms with van der Waals surface area (Å²) in [6, 6.07) is 3.85. The fraction of sp³-hybridized carbons (Fsp3) is 0.500. The number of methoxy groups -OCH3 is 1. The zero-order valence-corrected chi connectivity index (χ0v) is 9.90. The van der Waals surface area contributed by atoms with Gasteiger partial charge in [-0.3, -0.25) is 0 Å². The van der Waals surface area contributed by atoms with Gasteiger partial charge >= 0.3 is 0 Å². The number of ether oxygens (including phenoxy) is 3. The molecule has 1 aromatic rings. The second-order valence-electron chi connectivity index (χ2n) is 3.76. The molecule has 0 aliphatic carbocycles. The lowest BCUT2D eigenvalue weighted by Crippen LogP contribution is -2.06. The van der Waals surface area contributed by atoms with E-state index in [1.165, 1.54) is 0 Å². The zero-order valence-electron chi connectivity index (χ0n) is 9.90. The molecular weight excluding hydrogens is 222 g/mol. The number of fused-ring (bicyclic) bond motifs is 1. The normalized spacial score (nSPS) is 14.2. The average molecular weight is 239 g/mol. The minimum Gasteiger partial charge on any atom is -0.492 e. The zero-order chi connectivity index (χ0) is 12.1. The van der Waals surface area contributed by atoms with Gasteiger partial charge in [-0.2, -0.15) is 0 Å². The van der Waals surface area contributed by atoms with E-state index in [0.717, 1.165) is 17.7 Å². The second-order valence-corrected chi connectivity index (χ2v) is 3.76. The van der Waals surface area contributed by atoms with Crippen molar-refractivity contribution in [2.75, 3.05) is 26.9 Å². The number of hydrogen-bond acceptors (Lipinski definition) is 5. The highest BCUT2D eigenvalue weighted by Crippen LogP contribution is 2.41. The highest BCUT2D eigenvalue weighted by atomic mass is 16.6. The first-order valence-electron chi connectivity index (χ1n) is 5.64. The Labute approximate surface area is 100 Å². The van der Waals surface area contributed by atoms with Crippen LogP contribution in [0.25, 0.3) is 0 Å². The quantitative estimate of drug-likeness (QED) is 0.802. The van der Waals surface area contributed by atoms with Crippen molar-refractivity contribution in [1.29, 1.82) is 0 Å². The Kier molecular flexibility index (Phi) is 4.06. The first kappa shape index (κ1) is 12.0. The molecule has 1 aromatic carbocycles. The Hall–Kier alpha value is -1.46. The van der Waals surface area contributed by atoms with Crippen molar-refractivity contribution in [2.45, 2.75) is 12.8 Å². The van der Waals surface area contributed by atoms with Crippen molar-refractivity contribution < 1.29 is 19.0 Å². The molecule has 0 unspecified atom stereocenters. The van der Waals surface area contributed by atoms with Crippen molar-refractivity contribution in [3.05, 3.63) is 17.7 Å². The van der Waals surface area contributed by atoms with Gasteiger partial charge in [-0.15, -0.1) is 0 Å². The van der Waals surface area contributed by atoms with E-state index in [2.05, 4.69) is 4.84 Å². The minimum absolute atomic E-state index is 0.440. The van der Waals surface area contributed by atoms with Crippen molar-refractivity contribution in [3.8, 4) is 17.2 Å². The predicted octanol–water partition coefficient (Wildman–Crippen LogP) is 1.29. The van der Waals surface area contributed by atoms with Crippen molar-refractivity contribution in [2.24, 2.45) is 5.90 Å². The molecule has 5 heteroatoms. The monoisotopic (exact) mass is 239 g/mol. The molecule has 0 amide bonds. The van der Waals surface area contributed by atoms with Gasteiger partial charge in [-0.05, 0) is 6.07 Å². The van der Waals surface area contributed by atoms with Crippen LogP contribution in [0.3, 0.4) is 0 Å². The summed E-state index contributed by atoms with van der Waals surface area (Å²) in [5.74, 6) is 7.16. The van der Waals surface area contributed by atoms with Gasteiger partial charge < -0.3 is 19.0 Å². The average Bonchev–Trinajstić information content (AvgIpc) is 2.60. The Morgan fingerprint density at radius 2 is 2.12 bits per heavy atom. The van der Waals surface area contributed by atoms with Crippen LogP contribution in [-0.2, 0) is 11.3 Å². The van der Waals surface area contributed by atoms with E-state index >= 15 is 0 Å². The third-order valence-corrected chi connectivity index (χ3v) is 2.64.